The number of hydrogen-bond acceptors (Lipinski definition) is 3. The van der Waals surface area contributed by atoms with Gasteiger partial charge >= 0.3 is 0 Å². The summed E-state index contributed by atoms with van der Waals surface area (Å²) in [5.74, 6) is 0.368. The molecule has 28 heavy (non-hydrogen) atoms. The van der Waals surface area contributed by atoms with E-state index in [-0.39, 0.29) is 11.7 Å². The molecule has 0 radical (unpaired) electrons. The minimum absolute atomic E-state index is 0.00805. The highest BCUT2D eigenvalue weighted by molar-refractivity contribution is 6.06. The van der Waals surface area contributed by atoms with Gasteiger partial charge in [0.15, 0.2) is 5.78 Å². The smallest absolute Gasteiger partial charge is 0.255 e. The fourth-order valence-electron chi connectivity index (χ4n) is 3.94. The Labute approximate surface area is 164 Å². The summed E-state index contributed by atoms with van der Waals surface area (Å²) in [6, 6.07) is 12.7. The molecule has 1 saturated heterocycles. The van der Waals surface area contributed by atoms with E-state index in [0.717, 1.165) is 37.1 Å². The summed E-state index contributed by atoms with van der Waals surface area (Å²) >= 11 is 0. The lowest BCUT2D eigenvalue weighted by atomic mass is 9.89. The molecule has 0 aliphatic carbocycles. The lowest BCUT2D eigenvalue weighted by Gasteiger charge is -2.28. The number of nitrogens with one attached hydrogen (secondary N) is 2. The number of aromatic amines is 1. The standard InChI is InChI=1S/C23H25N3O2/c1-15(27)16-3-5-18(6-4-16)23(28)25-19-7-8-22-20(13-19)21(14-24-22)17-9-11-26(2)12-10-17/h3-8,13-14,17,24H,9-12H2,1-2H3,(H,25,28). The maximum Gasteiger partial charge on any atom is 0.255 e. The van der Waals surface area contributed by atoms with Gasteiger partial charge in [-0.05, 0) is 81.7 Å². The number of anilines is 1. The van der Waals surface area contributed by atoms with Gasteiger partial charge in [0, 0.05) is 33.9 Å². The number of carbonyl (C=O) groups excluding carboxylic acids is 2. The molecule has 0 spiro atoms. The average molecular weight is 375 g/mol. The summed E-state index contributed by atoms with van der Waals surface area (Å²) in [7, 11) is 2.17. The van der Waals surface area contributed by atoms with Crippen molar-refractivity contribution >= 4 is 28.3 Å². The van der Waals surface area contributed by atoms with Crippen LogP contribution in [0.15, 0.2) is 48.7 Å². The summed E-state index contributed by atoms with van der Waals surface area (Å²) in [6.07, 6.45) is 4.43. The molecular weight excluding hydrogens is 350 g/mol. The summed E-state index contributed by atoms with van der Waals surface area (Å²) in [5.41, 5.74) is 4.35. The van der Waals surface area contributed by atoms with Crippen LogP contribution in [0.4, 0.5) is 5.69 Å². The topological polar surface area (TPSA) is 65.2 Å². The Morgan fingerprint density at radius 2 is 1.71 bits per heavy atom. The Kier molecular flexibility index (Phi) is 5.01. The predicted octanol–water partition coefficient (Wildman–Crippen LogP) is 4.43. The van der Waals surface area contributed by atoms with Crippen LogP contribution in [0, 0.1) is 0 Å². The third-order valence-electron chi connectivity index (χ3n) is 5.68. The van der Waals surface area contributed by atoms with E-state index in [1.165, 1.54) is 17.9 Å². The van der Waals surface area contributed by atoms with Gasteiger partial charge in [0.25, 0.3) is 5.91 Å². The van der Waals surface area contributed by atoms with Crippen molar-refractivity contribution in [1.29, 1.82) is 0 Å². The molecule has 5 heteroatoms. The number of nitrogens with zero attached hydrogens (tertiary/aromatic N) is 1. The van der Waals surface area contributed by atoms with Gasteiger partial charge in [0.1, 0.15) is 0 Å². The molecule has 0 atom stereocenters. The largest absolute Gasteiger partial charge is 0.361 e. The van der Waals surface area contributed by atoms with Crippen molar-refractivity contribution in [3.8, 4) is 0 Å². The second kappa shape index (κ2) is 7.60. The van der Waals surface area contributed by atoms with Crippen LogP contribution >= 0.6 is 0 Å². The van der Waals surface area contributed by atoms with Crippen LogP contribution in [-0.4, -0.2) is 41.7 Å². The molecule has 1 aliphatic heterocycles. The lowest BCUT2D eigenvalue weighted by molar-refractivity contribution is 0.101. The summed E-state index contributed by atoms with van der Waals surface area (Å²) in [6.45, 7) is 3.75. The highest BCUT2D eigenvalue weighted by Gasteiger charge is 2.21. The summed E-state index contributed by atoms with van der Waals surface area (Å²) < 4.78 is 0. The van der Waals surface area contributed by atoms with Crippen LogP contribution in [0.25, 0.3) is 10.9 Å². The second-order valence-corrected chi connectivity index (χ2v) is 7.67. The summed E-state index contributed by atoms with van der Waals surface area (Å²) in [5, 5.41) is 4.16. The first-order chi connectivity index (χ1) is 13.5. The van der Waals surface area contributed by atoms with Gasteiger partial charge in [-0.3, -0.25) is 9.59 Å². The van der Waals surface area contributed by atoms with E-state index < -0.39 is 0 Å². The Balaban J connectivity index is 1.55. The maximum absolute atomic E-state index is 12.6. The first-order valence-corrected chi connectivity index (χ1v) is 9.73. The third kappa shape index (κ3) is 3.71. The average Bonchev–Trinajstić information content (AvgIpc) is 3.12. The number of ketones is 1. The number of H-pyrrole nitrogens is 1. The monoisotopic (exact) mass is 375 g/mol. The number of rotatable bonds is 4. The molecular formula is C23H25N3O2. The highest BCUT2D eigenvalue weighted by Crippen LogP contribution is 2.34. The van der Waals surface area contributed by atoms with E-state index in [2.05, 4.69) is 34.5 Å². The van der Waals surface area contributed by atoms with Crippen LogP contribution in [0.3, 0.4) is 0 Å². The lowest BCUT2D eigenvalue weighted by Crippen LogP contribution is -2.29. The number of piperidine rings is 1. The number of amides is 1. The molecule has 2 heterocycles. The quantitative estimate of drug-likeness (QED) is 0.663. The Morgan fingerprint density at radius 3 is 2.39 bits per heavy atom. The molecule has 1 amide bonds. The van der Waals surface area contributed by atoms with Gasteiger partial charge in [0.05, 0.1) is 0 Å². The third-order valence-corrected chi connectivity index (χ3v) is 5.68. The first kappa shape index (κ1) is 18.4. The second-order valence-electron chi connectivity index (χ2n) is 7.67. The van der Waals surface area contributed by atoms with Gasteiger partial charge < -0.3 is 15.2 Å². The minimum Gasteiger partial charge on any atom is -0.361 e. The van der Waals surface area contributed by atoms with Gasteiger partial charge in [-0.15, -0.1) is 0 Å². The zero-order valence-corrected chi connectivity index (χ0v) is 16.3. The number of fused-ring (bicyclic) bond motifs is 1. The number of aromatic nitrogens is 1. The zero-order valence-electron chi connectivity index (χ0n) is 16.3. The Bertz CT molecular complexity index is 1010. The Morgan fingerprint density at radius 1 is 1.04 bits per heavy atom. The SMILES string of the molecule is CC(=O)c1ccc(C(=O)Nc2ccc3[nH]cc(C4CCN(C)CC4)c3c2)cc1. The number of benzene rings is 2. The molecule has 2 N–H and O–H groups in total. The van der Waals surface area contributed by atoms with Crippen LogP contribution in [0.2, 0.25) is 0 Å². The first-order valence-electron chi connectivity index (χ1n) is 9.73. The van der Waals surface area contributed by atoms with Crippen LogP contribution < -0.4 is 5.32 Å². The normalized spacial score (nSPS) is 15.6. The van der Waals surface area contributed by atoms with E-state index >= 15 is 0 Å². The zero-order chi connectivity index (χ0) is 19.7. The van der Waals surface area contributed by atoms with Crippen molar-refractivity contribution in [3.63, 3.8) is 0 Å². The molecule has 1 aromatic heterocycles. The Hall–Kier alpha value is -2.92. The van der Waals surface area contributed by atoms with Gasteiger partial charge in [0.2, 0.25) is 0 Å². The molecule has 5 nitrogen and oxygen atoms in total. The summed E-state index contributed by atoms with van der Waals surface area (Å²) in [4.78, 5) is 29.7. The van der Waals surface area contributed by atoms with E-state index in [1.54, 1.807) is 24.3 Å². The predicted molar refractivity (Wildman–Crippen MR) is 112 cm³/mol. The van der Waals surface area contributed by atoms with Crippen molar-refractivity contribution in [3.05, 3.63) is 65.4 Å². The molecule has 0 bridgehead atoms. The number of Topliss-reactive ketones (excluding diaryl/α,β-unsaturated/α-hetero) is 1. The fourth-order valence-corrected chi connectivity index (χ4v) is 3.94. The van der Waals surface area contributed by atoms with E-state index in [9.17, 15) is 9.59 Å². The molecule has 0 saturated carbocycles. The van der Waals surface area contributed by atoms with Gasteiger partial charge in [-0.2, -0.15) is 0 Å². The van der Waals surface area contributed by atoms with E-state index in [0.29, 0.717) is 17.0 Å². The molecule has 2 aromatic carbocycles. The fraction of sp³-hybridized carbons (Fsp3) is 0.304. The van der Waals surface area contributed by atoms with Gasteiger partial charge in [-0.25, -0.2) is 0 Å². The van der Waals surface area contributed by atoms with Crippen LogP contribution in [-0.2, 0) is 0 Å². The number of carbonyl (C=O) groups is 2. The minimum atomic E-state index is -0.175. The van der Waals surface area contributed by atoms with Crippen molar-refractivity contribution < 1.29 is 9.59 Å². The van der Waals surface area contributed by atoms with E-state index in [1.807, 2.05) is 12.1 Å². The van der Waals surface area contributed by atoms with Gasteiger partial charge in [-0.1, -0.05) is 12.1 Å². The molecule has 1 fully saturated rings. The number of likely N-dealkylation sites (tertiary alicyclic amines) is 1. The molecule has 1 aliphatic rings. The molecule has 0 unspecified atom stereocenters. The molecule has 3 aromatic rings. The van der Waals surface area contributed by atoms with Crippen molar-refractivity contribution in [2.24, 2.45) is 0 Å². The molecule has 4 rings (SSSR count). The van der Waals surface area contributed by atoms with Crippen molar-refractivity contribution in [2.75, 3.05) is 25.5 Å². The van der Waals surface area contributed by atoms with Crippen molar-refractivity contribution in [1.82, 2.24) is 9.88 Å². The van der Waals surface area contributed by atoms with Crippen LogP contribution in [0.1, 0.15) is 52.0 Å². The maximum atomic E-state index is 12.6. The van der Waals surface area contributed by atoms with Crippen LogP contribution in [0.5, 0.6) is 0 Å². The van der Waals surface area contributed by atoms with E-state index in [4.69, 9.17) is 0 Å². The highest BCUT2D eigenvalue weighted by atomic mass is 16.1. The number of hydrogen-bond donors (Lipinski definition) is 2. The molecule has 144 valence electrons. The van der Waals surface area contributed by atoms with Crippen molar-refractivity contribution in [2.45, 2.75) is 25.7 Å².